The van der Waals surface area contributed by atoms with Gasteiger partial charge >= 0.3 is 17.9 Å². The molecule has 2 heterocycles. The molecule has 0 bridgehead atoms. The van der Waals surface area contributed by atoms with Crippen molar-refractivity contribution in [3.05, 3.63) is 24.3 Å². The quantitative estimate of drug-likeness (QED) is 0.199. The van der Waals surface area contributed by atoms with E-state index in [1.54, 1.807) is 13.0 Å². The Hall–Kier alpha value is -2.23. The van der Waals surface area contributed by atoms with Gasteiger partial charge in [-0.25, -0.2) is 0 Å². The van der Waals surface area contributed by atoms with Crippen LogP contribution in [0.1, 0.15) is 41.0 Å². The molecule has 10 atom stereocenters. The molecule has 2 aliphatic heterocycles. The van der Waals surface area contributed by atoms with Crippen molar-refractivity contribution < 1.29 is 43.2 Å². The number of hydrogen-bond donors (Lipinski definition) is 1. The first-order valence-corrected chi connectivity index (χ1v) is 11.6. The van der Waals surface area contributed by atoms with E-state index in [4.69, 9.17) is 30.5 Å². The number of rotatable bonds is 2. The van der Waals surface area contributed by atoms with E-state index in [9.17, 15) is 24.3 Å². The van der Waals surface area contributed by atoms with Gasteiger partial charge in [-0.15, -0.1) is 11.6 Å². The lowest BCUT2D eigenvalue weighted by atomic mass is 9.55. The Labute approximate surface area is 202 Å². The summed E-state index contributed by atoms with van der Waals surface area (Å²) in [6, 6.07) is 0. The third kappa shape index (κ3) is 3.43. The van der Waals surface area contributed by atoms with Gasteiger partial charge < -0.3 is 24.1 Å². The van der Waals surface area contributed by atoms with Crippen molar-refractivity contribution in [2.45, 2.75) is 82.0 Å². The third-order valence-electron chi connectivity index (χ3n) is 7.81. The number of carbonyl (C=O) groups excluding carboxylic acids is 4. The number of aliphatic hydroxyl groups is 1. The van der Waals surface area contributed by atoms with E-state index in [0.29, 0.717) is 12.0 Å². The minimum absolute atomic E-state index is 0.323. The van der Waals surface area contributed by atoms with Crippen molar-refractivity contribution in [3.8, 4) is 0 Å². The zero-order valence-corrected chi connectivity index (χ0v) is 20.5. The van der Waals surface area contributed by atoms with E-state index in [2.05, 4.69) is 6.58 Å². The molecule has 0 amide bonds. The largest absolute Gasteiger partial charge is 0.459 e. The minimum Gasteiger partial charge on any atom is -0.459 e. The highest BCUT2D eigenvalue weighted by Crippen LogP contribution is 2.59. The summed E-state index contributed by atoms with van der Waals surface area (Å²) >= 11 is 6.67. The highest BCUT2D eigenvalue weighted by Gasteiger charge is 2.73. The van der Waals surface area contributed by atoms with Gasteiger partial charge in [0, 0.05) is 19.3 Å². The van der Waals surface area contributed by atoms with Crippen LogP contribution in [0, 0.1) is 17.3 Å². The molecule has 3 fully saturated rings. The van der Waals surface area contributed by atoms with Crippen LogP contribution in [0.3, 0.4) is 0 Å². The Balaban J connectivity index is 2.02. The summed E-state index contributed by atoms with van der Waals surface area (Å²) in [5.41, 5.74) is -4.58. The topological polar surface area (TPSA) is 129 Å². The average Bonchev–Trinajstić information content (AvgIpc) is 3.46. The van der Waals surface area contributed by atoms with Gasteiger partial charge in [0.25, 0.3) is 0 Å². The summed E-state index contributed by atoms with van der Waals surface area (Å²) in [5, 5.41) is 11.2. The van der Waals surface area contributed by atoms with E-state index in [0.717, 1.165) is 13.8 Å². The Morgan fingerprint density at radius 2 is 1.85 bits per heavy atom. The Morgan fingerprint density at radius 3 is 2.44 bits per heavy atom. The standard InChI is InChI=1S/C24H29ClO9/c1-10-9-14-18(32-14)22(5)8-7-15(28)23(6,34-13(4)27)17(22)20(31-12(3)26)24(30)11(2)21(29)33-19(24)16(10)25/h7-8,11,14,16-20,30H,1,9H2,2-6H3. The summed E-state index contributed by atoms with van der Waals surface area (Å²) in [6.07, 6.45) is -0.412. The van der Waals surface area contributed by atoms with Crippen LogP contribution in [0.25, 0.3) is 0 Å². The van der Waals surface area contributed by atoms with Crippen molar-refractivity contribution in [2.24, 2.45) is 17.3 Å². The van der Waals surface area contributed by atoms with Gasteiger partial charge in [0.15, 0.2) is 23.1 Å². The predicted molar refractivity (Wildman–Crippen MR) is 118 cm³/mol. The van der Waals surface area contributed by atoms with Crippen molar-refractivity contribution >= 4 is 35.3 Å². The second-order valence-corrected chi connectivity index (χ2v) is 10.6. The zero-order chi connectivity index (χ0) is 25.4. The van der Waals surface area contributed by atoms with Crippen molar-refractivity contribution in [1.29, 1.82) is 0 Å². The fourth-order valence-corrected chi connectivity index (χ4v) is 6.41. The lowest BCUT2D eigenvalue weighted by molar-refractivity contribution is -0.224. The lowest BCUT2D eigenvalue weighted by Gasteiger charge is -2.53. The normalized spacial score (nSPS) is 47.6. The first-order chi connectivity index (χ1) is 15.7. The summed E-state index contributed by atoms with van der Waals surface area (Å²) in [7, 11) is 0. The number of ketones is 1. The number of fused-ring (bicyclic) bond motifs is 4. The first-order valence-electron chi connectivity index (χ1n) is 11.2. The van der Waals surface area contributed by atoms with Crippen molar-refractivity contribution in [2.75, 3.05) is 0 Å². The van der Waals surface area contributed by atoms with Gasteiger partial charge in [0.05, 0.1) is 29.4 Å². The van der Waals surface area contributed by atoms with Gasteiger partial charge in [-0.3, -0.25) is 19.2 Å². The Bertz CT molecular complexity index is 1010. The number of epoxide rings is 1. The summed E-state index contributed by atoms with van der Waals surface area (Å²) in [5.74, 6) is -5.12. The second-order valence-electron chi connectivity index (χ2n) is 10.1. The molecule has 10 heteroatoms. The number of ether oxygens (including phenoxy) is 4. The molecule has 1 N–H and O–H groups in total. The minimum atomic E-state index is -2.17. The van der Waals surface area contributed by atoms with E-state index in [1.165, 1.54) is 19.9 Å². The SMILES string of the molecule is C=C1CC2OC2C2(C)C=CC(=O)C(C)(OC(C)=O)C2C(OC(C)=O)C2(O)C(C)C(=O)OC2C1Cl. The van der Waals surface area contributed by atoms with Gasteiger partial charge in [-0.1, -0.05) is 25.2 Å². The monoisotopic (exact) mass is 496 g/mol. The van der Waals surface area contributed by atoms with Crippen LogP contribution in [0.4, 0.5) is 0 Å². The van der Waals surface area contributed by atoms with Crippen molar-refractivity contribution in [1.82, 2.24) is 0 Å². The van der Waals surface area contributed by atoms with Crippen LogP contribution in [0.2, 0.25) is 0 Å². The van der Waals surface area contributed by atoms with Gasteiger partial charge in [-0.05, 0) is 26.3 Å². The molecule has 0 aromatic heterocycles. The maximum Gasteiger partial charge on any atom is 0.312 e. The molecule has 4 aliphatic rings. The molecule has 9 nitrogen and oxygen atoms in total. The summed E-state index contributed by atoms with van der Waals surface area (Å²) in [6.45, 7) is 11.0. The molecule has 0 aromatic carbocycles. The fraction of sp³-hybridized carbons (Fsp3) is 0.667. The van der Waals surface area contributed by atoms with Crippen LogP contribution < -0.4 is 0 Å². The van der Waals surface area contributed by atoms with Gasteiger partial charge in [0.1, 0.15) is 6.10 Å². The molecule has 34 heavy (non-hydrogen) atoms. The van der Waals surface area contributed by atoms with Crippen LogP contribution in [-0.4, -0.2) is 69.8 Å². The number of esters is 3. The highest BCUT2D eigenvalue weighted by atomic mass is 35.5. The molecule has 1 saturated carbocycles. The van der Waals surface area contributed by atoms with E-state index < -0.39 is 75.8 Å². The third-order valence-corrected chi connectivity index (χ3v) is 8.35. The summed E-state index contributed by atoms with van der Waals surface area (Å²) in [4.78, 5) is 50.5. The molecular weight excluding hydrogens is 468 g/mol. The van der Waals surface area contributed by atoms with Crippen LogP contribution in [0.15, 0.2) is 24.3 Å². The molecule has 10 unspecified atom stereocenters. The summed E-state index contributed by atoms with van der Waals surface area (Å²) < 4.78 is 22.8. The molecular formula is C24H29ClO9. The number of carbonyl (C=O) groups is 4. The van der Waals surface area contributed by atoms with E-state index in [-0.39, 0.29) is 6.10 Å². The van der Waals surface area contributed by atoms with Gasteiger partial charge in [0.2, 0.25) is 0 Å². The predicted octanol–water partition coefficient (Wildman–Crippen LogP) is 1.63. The van der Waals surface area contributed by atoms with Gasteiger partial charge in [-0.2, -0.15) is 0 Å². The number of hydrogen-bond acceptors (Lipinski definition) is 9. The maximum atomic E-state index is 13.2. The average molecular weight is 497 g/mol. The molecule has 0 aromatic rings. The molecule has 0 spiro atoms. The smallest absolute Gasteiger partial charge is 0.312 e. The van der Waals surface area contributed by atoms with Crippen LogP contribution >= 0.6 is 11.6 Å². The Kier molecular flexibility index (Phi) is 5.78. The zero-order valence-electron chi connectivity index (χ0n) is 19.7. The van der Waals surface area contributed by atoms with Crippen molar-refractivity contribution in [3.63, 3.8) is 0 Å². The van der Waals surface area contributed by atoms with E-state index >= 15 is 0 Å². The highest BCUT2D eigenvalue weighted by molar-refractivity contribution is 6.23. The fourth-order valence-electron chi connectivity index (χ4n) is 6.07. The lowest BCUT2D eigenvalue weighted by Crippen LogP contribution is -2.69. The Morgan fingerprint density at radius 1 is 1.21 bits per heavy atom. The molecule has 0 radical (unpaired) electrons. The second kappa shape index (κ2) is 7.90. The molecule has 2 aliphatic carbocycles. The molecule has 186 valence electrons. The van der Waals surface area contributed by atoms with Crippen LogP contribution in [0.5, 0.6) is 0 Å². The molecule has 4 rings (SSSR count). The first kappa shape index (κ1) is 24.9. The van der Waals surface area contributed by atoms with E-state index in [1.807, 2.05) is 0 Å². The number of alkyl halides is 1. The van der Waals surface area contributed by atoms with Crippen LogP contribution in [-0.2, 0) is 38.1 Å². The maximum absolute atomic E-state index is 13.2. The molecule has 2 saturated heterocycles. The number of halogens is 1.